The van der Waals surface area contributed by atoms with Gasteiger partial charge in [-0.2, -0.15) is 0 Å². The molecule has 0 saturated carbocycles. The van der Waals surface area contributed by atoms with Crippen molar-refractivity contribution >= 4 is 36.3 Å². The molecular formula is CHCl2P. The van der Waals surface area contributed by atoms with Gasteiger partial charge in [-0.15, -0.1) is 0 Å². The van der Waals surface area contributed by atoms with Crippen LogP contribution in [-0.2, 0) is 0 Å². The average Bonchev–Trinajstić information content (AvgIpc) is 0.811. The maximum atomic E-state index is 4.87. The Morgan fingerprint density at radius 3 is 1.50 bits per heavy atom. The Kier molecular flexibility index (Phi) is 2.39. The van der Waals surface area contributed by atoms with Crippen molar-refractivity contribution < 1.29 is 0 Å². The fraction of sp³-hybridized carbons (Fsp3) is 0. The molecule has 0 aromatic heterocycles. The highest BCUT2D eigenvalue weighted by Crippen LogP contribution is 1.89. The minimum absolute atomic E-state index is 0.167. The second-order valence-corrected chi connectivity index (χ2v) is 2.34. The van der Waals surface area contributed by atoms with Crippen LogP contribution in [-0.4, -0.2) is 4.21 Å². The molecule has 0 atom stereocenters. The van der Waals surface area contributed by atoms with E-state index < -0.39 is 0 Å². The van der Waals surface area contributed by atoms with E-state index in [4.69, 9.17) is 23.2 Å². The largest absolute Gasteiger partial charge is 0.125 e. The fourth-order valence-corrected chi connectivity index (χ4v) is 0. The standard InChI is InChI=1S/CHCl2P/c2-1(3)4/h4H. The van der Waals surface area contributed by atoms with Crippen molar-refractivity contribution in [1.29, 1.82) is 0 Å². The Labute approximate surface area is 36.9 Å². The fourth-order valence-electron chi connectivity index (χ4n) is 0. The van der Waals surface area contributed by atoms with Gasteiger partial charge in [0.2, 0.25) is 0 Å². The first kappa shape index (κ1) is 4.75. The van der Waals surface area contributed by atoms with Crippen LogP contribution in [0.2, 0.25) is 0 Å². The molecule has 0 fully saturated rings. The summed E-state index contributed by atoms with van der Waals surface area (Å²) in [6.07, 6.45) is 0. The summed E-state index contributed by atoms with van der Waals surface area (Å²) in [5, 5.41) is 0. The topological polar surface area (TPSA) is 0 Å². The molecule has 0 unspecified atom stereocenters. The molecule has 0 heterocycles. The third-order valence-electron chi connectivity index (χ3n) is 0. The third kappa shape index (κ3) is 15.0. The van der Waals surface area contributed by atoms with E-state index in [9.17, 15) is 0 Å². The summed E-state index contributed by atoms with van der Waals surface area (Å²) in [5.74, 6) is 0. The van der Waals surface area contributed by atoms with Gasteiger partial charge in [-0.25, -0.2) is 0 Å². The molecule has 3 heteroatoms. The molecule has 0 rings (SSSR count). The minimum atomic E-state index is 0.167. The lowest BCUT2D eigenvalue weighted by molar-refractivity contribution is 3.85. The van der Waals surface area contributed by atoms with Crippen LogP contribution < -0.4 is 0 Å². The Balaban J connectivity index is 2.80. The van der Waals surface area contributed by atoms with Crippen molar-refractivity contribution in [3.8, 4) is 0 Å². The Morgan fingerprint density at radius 1 is 1.50 bits per heavy atom. The van der Waals surface area contributed by atoms with Crippen molar-refractivity contribution in [3.63, 3.8) is 0 Å². The quantitative estimate of drug-likeness (QED) is 0.421. The lowest BCUT2D eigenvalue weighted by atomic mass is 11.9. The number of halogens is 2. The van der Waals surface area contributed by atoms with Crippen LogP contribution in [0.4, 0.5) is 0 Å². The van der Waals surface area contributed by atoms with Gasteiger partial charge in [-0.1, -0.05) is 32.1 Å². The van der Waals surface area contributed by atoms with Crippen LogP contribution in [0.15, 0.2) is 0 Å². The molecule has 0 radical (unpaired) electrons. The highest BCUT2D eigenvalue weighted by Gasteiger charge is 1.61. The number of rotatable bonds is 0. The molecule has 0 aromatic rings. The van der Waals surface area contributed by atoms with E-state index in [1.807, 2.05) is 0 Å². The van der Waals surface area contributed by atoms with Crippen molar-refractivity contribution in [2.45, 2.75) is 0 Å². The Bertz CT molecular complexity index is 29.0. The molecule has 0 aromatic carbocycles. The molecule has 0 aliphatic rings. The first-order chi connectivity index (χ1) is 1.73. The van der Waals surface area contributed by atoms with E-state index in [2.05, 4.69) is 8.86 Å². The van der Waals surface area contributed by atoms with Gasteiger partial charge in [0.15, 0.2) is 0 Å². The molecule has 0 spiro atoms. The van der Waals surface area contributed by atoms with E-state index in [0.717, 1.165) is 0 Å². The smallest absolute Gasteiger partial charge is 0.0881 e. The minimum Gasteiger partial charge on any atom is -0.0881 e. The van der Waals surface area contributed by atoms with Crippen molar-refractivity contribution in [2.24, 2.45) is 0 Å². The van der Waals surface area contributed by atoms with Crippen molar-refractivity contribution in [1.82, 2.24) is 0 Å². The first-order valence-electron chi connectivity index (χ1n) is 0.628. The molecule has 0 nitrogen and oxygen atoms in total. The SMILES string of the molecule is P=C(Cl)Cl. The summed E-state index contributed by atoms with van der Waals surface area (Å²) in [4.78, 5) is 0. The zero-order valence-electron chi connectivity index (χ0n) is 1.76. The zero-order valence-corrected chi connectivity index (χ0v) is 4.27. The molecule has 4 heavy (non-hydrogen) atoms. The van der Waals surface area contributed by atoms with Gasteiger partial charge in [0.05, 0.1) is 0 Å². The van der Waals surface area contributed by atoms with Crippen LogP contribution in [0, 0.1) is 0 Å². The van der Waals surface area contributed by atoms with E-state index in [-0.39, 0.29) is 4.21 Å². The van der Waals surface area contributed by atoms with Gasteiger partial charge in [0.25, 0.3) is 0 Å². The molecule has 0 saturated heterocycles. The van der Waals surface area contributed by atoms with Crippen molar-refractivity contribution in [3.05, 3.63) is 0 Å². The number of hydrogen-bond donors (Lipinski definition) is 0. The van der Waals surface area contributed by atoms with E-state index in [0.29, 0.717) is 0 Å². The molecule has 0 amide bonds. The van der Waals surface area contributed by atoms with Crippen LogP contribution in [0.25, 0.3) is 0 Å². The summed E-state index contributed by atoms with van der Waals surface area (Å²) >= 11 is 9.74. The van der Waals surface area contributed by atoms with Crippen molar-refractivity contribution in [2.75, 3.05) is 0 Å². The first-order valence-corrected chi connectivity index (χ1v) is 1.88. The third-order valence-corrected chi connectivity index (χ3v) is 0. The molecule has 0 bridgehead atoms. The van der Waals surface area contributed by atoms with E-state index in [1.165, 1.54) is 0 Å². The molecular weight excluding hydrogens is 114 g/mol. The summed E-state index contributed by atoms with van der Waals surface area (Å²) in [5.41, 5.74) is 0. The molecule has 0 aliphatic heterocycles. The zero-order chi connectivity index (χ0) is 3.58. The van der Waals surface area contributed by atoms with Gasteiger partial charge >= 0.3 is 0 Å². The molecule has 0 aliphatic carbocycles. The summed E-state index contributed by atoms with van der Waals surface area (Å²) < 4.78 is 0.167. The van der Waals surface area contributed by atoms with Crippen LogP contribution in [0.5, 0.6) is 0 Å². The lowest BCUT2D eigenvalue weighted by Gasteiger charge is -1.56. The van der Waals surface area contributed by atoms with E-state index in [1.54, 1.807) is 0 Å². The molecule has 0 N–H and O–H groups in total. The Hall–Kier alpha value is 0.750. The van der Waals surface area contributed by atoms with Crippen LogP contribution >= 0.6 is 32.1 Å². The summed E-state index contributed by atoms with van der Waals surface area (Å²) in [6, 6.07) is 0. The summed E-state index contributed by atoms with van der Waals surface area (Å²) in [6.45, 7) is 0. The van der Waals surface area contributed by atoms with Gasteiger partial charge < -0.3 is 0 Å². The van der Waals surface area contributed by atoms with Crippen LogP contribution in [0.3, 0.4) is 0 Å². The van der Waals surface area contributed by atoms with Gasteiger partial charge in [0, 0.05) is 0 Å². The van der Waals surface area contributed by atoms with Gasteiger partial charge in [-0.05, 0) is 0 Å². The highest BCUT2D eigenvalue weighted by atomic mass is 35.5. The normalized spacial score (nSPS) is 6.50. The average molecular weight is 115 g/mol. The Morgan fingerprint density at radius 2 is 1.50 bits per heavy atom. The van der Waals surface area contributed by atoms with Gasteiger partial charge in [-0.3, -0.25) is 0 Å². The lowest BCUT2D eigenvalue weighted by Crippen LogP contribution is -1.44. The highest BCUT2D eigenvalue weighted by molar-refractivity contribution is 7.39. The predicted octanol–water partition coefficient (Wildman–Crippen LogP) is 1.69. The van der Waals surface area contributed by atoms with Crippen LogP contribution in [0.1, 0.15) is 0 Å². The maximum absolute atomic E-state index is 4.87. The summed E-state index contributed by atoms with van der Waals surface area (Å²) in [7, 11) is 2.76. The molecule has 24 valence electrons. The monoisotopic (exact) mass is 114 g/mol. The van der Waals surface area contributed by atoms with E-state index >= 15 is 0 Å². The second kappa shape index (κ2) is 2.02. The predicted molar refractivity (Wildman–Crippen MR) is 25.0 cm³/mol. The maximum Gasteiger partial charge on any atom is 0.125 e. The number of hydrogen-bond acceptors (Lipinski definition) is 0. The van der Waals surface area contributed by atoms with Gasteiger partial charge in [0.1, 0.15) is 4.21 Å². The second-order valence-electron chi connectivity index (χ2n) is 0.260.